The Morgan fingerprint density at radius 2 is 2.18 bits per heavy atom. The number of benzene rings is 1. The molecule has 0 atom stereocenters. The average Bonchev–Trinajstić information content (AvgIpc) is 2.73. The summed E-state index contributed by atoms with van der Waals surface area (Å²) in [6, 6.07) is 7.92. The zero-order chi connectivity index (χ0) is 12.3. The number of anilines is 1. The molecule has 0 radical (unpaired) electrons. The fourth-order valence-electron chi connectivity index (χ4n) is 1.83. The highest BCUT2D eigenvalue weighted by Crippen LogP contribution is 2.17. The van der Waals surface area contributed by atoms with E-state index in [1.807, 2.05) is 16.8 Å². The maximum Gasteiger partial charge on any atom is 0.121 e. The lowest BCUT2D eigenvalue weighted by Gasteiger charge is -2.09. The molecule has 0 aliphatic heterocycles. The first-order valence-corrected chi connectivity index (χ1v) is 5.61. The summed E-state index contributed by atoms with van der Waals surface area (Å²) >= 11 is 0. The number of nitrogens with zero attached hydrogens (tertiary/aromatic N) is 2. The van der Waals surface area contributed by atoms with Crippen molar-refractivity contribution < 1.29 is 4.74 Å². The minimum atomic E-state index is 0.705. The minimum absolute atomic E-state index is 0.705. The van der Waals surface area contributed by atoms with E-state index in [1.165, 1.54) is 11.1 Å². The van der Waals surface area contributed by atoms with Gasteiger partial charge in [-0.2, -0.15) is 5.10 Å². The number of nitrogens with two attached hydrogens (primary N) is 1. The van der Waals surface area contributed by atoms with Gasteiger partial charge >= 0.3 is 0 Å². The second-order valence-electron chi connectivity index (χ2n) is 4.02. The molecule has 0 bridgehead atoms. The van der Waals surface area contributed by atoms with Gasteiger partial charge in [0, 0.05) is 6.54 Å². The average molecular weight is 231 g/mol. The van der Waals surface area contributed by atoms with Crippen LogP contribution in [0, 0.1) is 6.92 Å². The number of nitrogen functional groups attached to an aromatic ring is 1. The van der Waals surface area contributed by atoms with Gasteiger partial charge in [0.1, 0.15) is 11.6 Å². The Morgan fingerprint density at radius 3 is 2.76 bits per heavy atom. The van der Waals surface area contributed by atoms with Gasteiger partial charge in [-0.3, -0.25) is 0 Å². The molecular formula is C13H17N3O. The molecule has 2 N–H and O–H groups in total. The molecular weight excluding hydrogens is 214 g/mol. The first-order chi connectivity index (χ1) is 8.20. The van der Waals surface area contributed by atoms with Gasteiger partial charge in [-0.25, -0.2) is 4.68 Å². The maximum atomic E-state index is 5.77. The van der Waals surface area contributed by atoms with Crippen LogP contribution in [-0.4, -0.2) is 16.9 Å². The Bertz CT molecular complexity index is 505. The van der Waals surface area contributed by atoms with Crippen LogP contribution >= 0.6 is 0 Å². The van der Waals surface area contributed by atoms with Gasteiger partial charge in [0.25, 0.3) is 0 Å². The fraction of sp³-hybridized carbons (Fsp3) is 0.308. The highest BCUT2D eigenvalue weighted by atomic mass is 16.5. The third-order valence-electron chi connectivity index (χ3n) is 2.89. The largest absolute Gasteiger partial charge is 0.497 e. The van der Waals surface area contributed by atoms with Crippen LogP contribution in [0.5, 0.6) is 5.75 Å². The summed E-state index contributed by atoms with van der Waals surface area (Å²) in [4.78, 5) is 0. The Kier molecular flexibility index (Phi) is 3.32. The van der Waals surface area contributed by atoms with Crippen LogP contribution in [0.2, 0.25) is 0 Å². The second-order valence-corrected chi connectivity index (χ2v) is 4.02. The lowest BCUT2D eigenvalue weighted by Crippen LogP contribution is -2.07. The number of ether oxygens (including phenoxy) is 1. The Balaban J connectivity index is 2.07. The van der Waals surface area contributed by atoms with E-state index in [0.29, 0.717) is 5.82 Å². The quantitative estimate of drug-likeness (QED) is 0.876. The highest BCUT2D eigenvalue weighted by molar-refractivity contribution is 5.35. The van der Waals surface area contributed by atoms with Crippen molar-refractivity contribution in [1.82, 2.24) is 9.78 Å². The monoisotopic (exact) mass is 231 g/mol. The summed E-state index contributed by atoms with van der Waals surface area (Å²) in [6.07, 6.45) is 2.64. The molecule has 4 heteroatoms. The van der Waals surface area contributed by atoms with Gasteiger partial charge < -0.3 is 10.5 Å². The molecule has 2 rings (SSSR count). The van der Waals surface area contributed by atoms with Crippen LogP contribution in [0.3, 0.4) is 0 Å². The summed E-state index contributed by atoms with van der Waals surface area (Å²) in [5.41, 5.74) is 8.29. The summed E-state index contributed by atoms with van der Waals surface area (Å²) in [5, 5.41) is 4.16. The lowest BCUT2D eigenvalue weighted by molar-refractivity contribution is 0.414. The van der Waals surface area contributed by atoms with E-state index in [9.17, 15) is 0 Å². The second kappa shape index (κ2) is 4.91. The molecule has 1 aromatic heterocycles. The zero-order valence-corrected chi connectivity index (χ0v) is 10.2. The van der Waals surface area contributed by atoms with Gasteiger partial charge in [-0.15, -0.1) is 0 Å². The molecule has 0 unspecified atom stereocenters. The van der Waals surface area contributed by atoms with Crippen LogP contribution in [0.15, 0.2) is 30.5 Å². The predicted molar refractivity (Wildman–Crippen MR) is 68.1 cm³/mol. The Labute approximate surface area is 101 Å². The molecule has 0 aliphatic carbocycles. The summed E-state index contributed by atoms with van der Waals surface area (Å²) in [5.74, 6) is 1.60. The molecule has 0 spiro atoms. The van der Waals surface area contributed by atoms with E-state index in [4.69, 9.17) is 10.5 Å². The topological polar surface area (TPSA) is 53.1 Å². The number of aromatic nitrogens is 2. The van der Waals surface area contributed by atoms with Crippen molar-refractivity contribution in [3.63, 3.8) is 0 Å². The van der Waals surface area contributed by atoms with Crippen molar-refractivity contribution in [3.8, 4) is 5.75 Å². The first-order valence-electron chi connectivity index (χ1n) is 5.61. The van der Waals surface area contributed by atoms with E-state index >= 15 is 0 Å². The van der Waals surface area contributed by atoms with Crippen molar-refractivity contribution >= 4 is 5.82 Å². The van der Waals surface area contributed by atoms with Gasteiger partial charge in [-0.1, -0.05) is 6.07 Å². The van der Waals surface area contributed by atoms with E-state index in [2.05, 4.69) is 18.1 Å². The van der Waals surface area contributed by atoms with Crippen LogP contribution in [0.4, 0.5) is 5.82 Å². The number of methoxy groups -OCH3 is 1. The van der Waals surface area contributed by atoms with E-state index in [1.54, 1.807) is 19.4 Å². The third kappa shape index (κ3) is 2.58. The number of rotatable bonds is 4. The number of hydrogen-bond acceptors (Lipinski definition) is 3. The fourth-order valence-corrected chi connectivity index (χ4v) is 1.83. The molecule has 0 saturated heterocycles. The molecule has 1 aromatic carbocycles. The molecule has 0 amide bonds. The molecule has 1 heterocycles. The van der Waals surface area contributed by atoms with E-state index in [0.717, 1.165) is 18.7 Å². The van der Waals surface area contributed by atoms with Crippen LogP contribution in [0.1, 0.15) is 11.1 Å². The maximum absolute atomic E-state index is 5.77. The standard InChI is InChI=1S/C13H17N3O/c1-10-9-12(17-2)4-3-11(10)6-8-16-13(14)5-7-15-16/h3-5,7,9H,6,8,14H2,1-2H3. The number of aryl methyl sites for hydroxylation is 3. The minimum Gasteiger partial charge on any atom is -0.497 e. The van der Waals surface area contributed by atoms with Crippen LogP contribution in [0.25, 0.3) is 0 Å². The van der Waals surface area contributed by atoms with Crippen LogP contribution in [-0.2, 0) is 13.0 Å². The van der Waals surface area contributed by atoms with Gasteiger partial charge in [0.15, 0.2) is 0 Å². The molecule has 17 heavy (non-hydrogen) atoms. The highest BCUT2D eigenvalue weighted by Gasteiger charge is 2.02. The molecule has 0 fully saturated rings. The van der Waals surface area contributed by atoms with Gasteiger partial charge in [-0.05, 0) is 42.7 Å². The first kappa shape index (κ1) is 11.5. The smallest absolute Gasteiger partial charge is 0.121 e. The SMILES string of the molecule is COc1ccc(CCn2nccc2N)c(C)c1. The molecule has 0 aliphatic rings. The Morgan fingerprint density at radius 1 is 1.35 bits per heavy atom. The van der Waals surface area contributed by atoms with Crippen molar-refractivity contribution in [1.29, 1.82) is 0 Å². The summed E-state index contributed by atoms with van der Waals surface area (Å²) in [6.45, 7) is 2.89. The molecule has 2 aromatic rings. The van der Waals surface area contributed by atoms with E-state index < -0.39 is 0 Å². The third-order valence-corrected chi connectivity index (χ3v) is 2.89. The molecule has 0 saturated carbocycles. The summed E-state index contributed by atoms with van der Waals surface area (Å²) in [7, 11) is 1.68. The van der Waals surface area contributed by atoms with Gasteiger partial charge in [0.05, 0.1) is 13.3 Å². The predicted octanol–water partition coefficient (Wildman–Crippen LogP) is 2.03. The van der Waals surface area contributed by atoms with Crippen molar-refractivity contribution in [3.05, 3.63) is 41.6 Å². The molecule has 90 valence electrons. The molecule has 4 nitrogen and oxygen atoms in total. The van der Waals surface area contributed by atoms with Crippen molar-refractivity contribution in [2.24, 2.45) is 0 Å². The Hall–Kier alpha value is -1.97. The zero-order valence-electron chi connectivity index (χ0n) is 10.2. The van der Waals surface area contributed by atoms with Gasteiger partial charge in [0.2, 0.25) is 0 Å². The van der Waals surface area contributed by atoms with Crippen molar-refractivity contribution in [2.45, 2.75) is 19.9 Å². The van der Waals surface area contributed by atoms with Crippen molar-refractivity contribution in [2.75, 3.05) is 12.8 Å². The van der Waals surface area contributed by atoms with Crippen LogP contribution < -0.4 is 10.5 Å². The normalized spacial score (nSPS) is 10.5. The lowest BCUT2D eigenvalue weighted by atomic mass is 10.1. The summed E-state index contributed by atoms with van der Waals surface area (Å²) < 4.78 is 6.99. The number of hydrogen-bond donors (Lipinski definition) is 1. The van der Waals surface area contributed by atoms with E-state index in [-0.39, 0.29) is 0 Å².